The van der Waals surface area contributed by atoms with E-state index in [4.69, 9.17) is 4.74 Å². The predicted molar refractivity (Wildman–Crippen MR) is 126 cm³/mol. The summed E-state index contributed by atoms with van der Waals surface area (Å²) in [5.74, 6) is 0.463. The largest absolute Gasteiger partial charge is 0.508 e. The van der Waals surface area contributed by atoms with E-state index in [1.54, 1.807) is 17.4 Å². The minimum absolute atomic E-state index is 0.0952. The first kappa shape index (κ1) is 21.7. The highest BCUT2D eigenvalue weighted by Gasteiger charge is 2.22. The Bertz CT molecular complexity index is 1050. The van der Waals surface area contributed by atoms with Crippen molar-refractivity contribution in [2.24, 2.45) is 0 Å². The van der Waals surface area contributed by atoms with Crippen LogP contribution in [0.4, 0.5) is 5.13 Å². The number of hydrogen-bond donors (Lipinski definition) is 2. The Morgan fingerprint density at radius 1 is 1.06 bits per heavy atom. The number of rotatable bonds is 6. The molecule has 0 spiro atoms. The molecule has 2 aromatic carbocycles. The lowest BCUT2D eigenvalue weighted by atomic mass is 9.80. The van der Waals surface area contributed by atoms with Crippen LogP contribution in [0.3, 0.4) is 0 Å². The number of phenols is 1. The van der Waals surface area contributed by atoms with Gasteiger partial charge in [-0.1, -0.05) is 62.4 Å². The van der Waals surface area contributed by atoms with Crippen LogP contribution in [-0.2, 0) is 16.6 Å². The number of thiazole rings is 1. The van der Waals surface area contributed by atoms with E-state index in [9.17, 15) is 10.2 Å². The highest BCUT2D eigenvalue weighted by molar-refractivity contribution is 7.15. The molecule has 2 N–H and O–H groups in total. The van der Waals surface area contributed by atoms with Gasteiger partial charge in [0.2, 0.25) is 5.88 Å². The molecule has 5 nitrogen and oxygen atoms in total. The lowest BCUT2D eigenvalue weighted by Crippen LogP contribution is -2.36. The smallest absolute Gasteiger partial charge is 0.227 e. The van der Waals surface area contributed by atoms with Crippen molar-refractivity contribution in [3.8, 4) is 22.8 Å². The van der Waals surface area contributed by atoms with Gasteiger partial charge in [-0.2, -0.15) is 4.98 Å². The topological polar surface area (TPSA) is 65.8 Å². The second-order valence-electron chi connectivity index (χ2n) is 8.69. The molecule has 1 aliphatic rings. The summed E-state index contributed by atoms with van der Waals surface area (Å²) in [4.78, 5) is 7.43. The monoisotopic (exact) mass is 438 g/mol. The van der Waals surface area contributed by atoms with E-state index in [1.165, 1.54) is 0 Å². The van der Waals surface area contributed by atoms with Crippen LogP contribution < -0.4 is 4.90 Å². The Morgan fingerprint density at radius 3 is 2.55 bits per heavy atom. The molecule has 164 valence electrons. The molecule has 1 aromatic heterocycles. The Hall–Kier alpha value is -2.57. The zero-order valence-corrected chi connectivity index (χ0v) is 19.2. The molecule has 0 amide bonds. The summed E-state index contributed by atoms with van der Waals surface area (Å²) >= 11 is 1.55. The van der Waals surface area contributed by atoms with Gasteiger partial charge in [0.1, 0.15) is 5.75 Å². The average molecular weight is 439 g/mol. The fourth-order valence-corrected chi connectivity index (χ4v) is 4.87. The van der Waals surface area contributed by atoms with Gasteiger partial charge < -0.3 is 19.8 Å². The molecule has 0 aliphatic carbocycles. The summed E-state index contributed by atoms with van der Waals surface area (Å²) in [6, 6.07) is 14.2. The molecular weight excluding hydrogens is 408 g/mol. The second kappa shape index (κ2) is 8.89. The summed E-state index contributed by atoms with van der Waals surface area (Å²) in [5, 5.41) is 21.7. The normalized spacial score (nSPS) is 14.7. The van der Waals surface area contributed by atoms with E-state index in [1.807, 2.05) is 12.1 Å². The maximum atomic E-state index is 10.4. The Labute approximate surface area is 188 Å². The van der Waals surface area contributed by atoms with Gasteiger partial charge in [0.25, 0.3) is 0 Å². The molecular formula is C25H30N2O3S. The summed E-state index contributed by atoms with van der Waals surface area (Å²) in [6.07, 6.45) is 1.58. The predicted octanol–water partition coefficient (Wildman–Crippen LogP) is 5.34. The molecule has 4 rings (SSSR count). The van der Waals surface area contributed by atoms with E-state index in [-0.39, 0.29) is 11.3 Å². The van der Waals surface area contributed by atoms with E-state index >= 15 is 0 Å². The number of nitrogens with zero attached hydrogens (tertiary/aromatic N) is 2. The standard InChI is InChI=1S/C25H30N2O3S/c1-4-25(2,3)20-16-19(8-9-21(20)28)18-7-5-6-17(14-18)15-22-23(29)26-24(31-22)27-10-12-30-13-11-27/h5-9,14,16,28-29H,4,10-13,15H2,1-3H3. The van der Waals surface area contributed by atoms with E-state index in [0.29, 0.717) is 25.4 Å². The van der Waals surface area contributed by atoms with Crippen molar-refractivity contribution < 1.29 is 14.9 Å². The molecule has 0 radical (unpaired) electrons. The first-order chi connectivity index (χ1) is 14.9. The third kappa shape index (κ3) is 4.70. The number of morpholine rings is 1. The van der Waals surface area contributed by atoms with Crippen molar-refractivity contribution in [2.45, 2.75) is 39.0 Å². The quantitative estimate of drug-likeness (QED) is 0.544. The van der Waals surface area contributed by atoms with Crippen molar-refractivity contribution in [1.82, 2.24) is 4.98 Å². The molecule has 0 unspecified atom stereocenters. The van der Waals surface area contributed by atoms with Crippen LogP contribution in [0, 0.1) is 0 Å². The van der Waals surface area contributed by atoms with Crippen LogP contribution in [0.2, 0.25) is 0 Å². The molecule has 1 aliphatic heterocycles. The van der Waals surface area contributed by atoms with Gasteiger partial charge in [-0.25, -0.2) is 0 Å². The lowest BCUT2D eigenvalue weighted by Gasteiger charge is -2.25. The summed E-state index contributed by atoms with van der Waals surface area (Å²) in [7, 11) is 0. The van der Waals surface area contributed by atoms with Crippen molar-refractivity contribution in [1.29, 1.82) is 0 Å². The SMILES string of the molecule is CCC(C)(C)c1cc(-c2cccc(Cc3sc(N4CCOCC4)nc3O)c2)ccc1O. The van der Waals surface area contributed by atoms with Crippen LogP contribution in [0.15, 0.2) is 42.5 Å². The molecule has 3 aromatic rings. The van der Waals surface area contributed by atoms with Crippen LogP contribution in [-0.4, -0.2) is 41.5 Å². The second-order valence-corrected chi connectivity index (χ2v) is 9.75. The van der Waals surface area contributed by atoms with Gasteiger partial charge in [-0.15, -0.1) is 0 Å². The Balaban J connectivity index is 1.59. The average Bonchev–Trinajstić information content (AvgIpc) is 3.15. The maximum absolute atomic E-state index is 10.4. The first-order valence-corrected chi connectivity index (χ1v) is 11.6. The Morgan fingerprint density at radius 2 is 1.81 bits per heavy atom. The number of aromatic hydroxyl groups is 2. The third-order valence-electron chi connectivity index (χ3n) is 6.18. The zero-order valence-electron chi connectivity index (χ0n) is 18.4. The highest BCUT2D eigenvalue weighted by atomic mass is 32.1. The number of hydrogen-bond acceptors (Lipinski definition) is 6. The summed E-state index contributed by atoms with van der Waals surface area (Å²) in [5.41, 5.74) is 4.17. The van der Waals surface area contributed by atoms with Crippen molar-refractivity contribution >= 4 is 16.5 Å². The number of phenolic OH excluding ortho intramolecular Hbond substituents is 1. The molecule has 1 saturated heterocycles. The van der Waals surface area contributed by atoms with E-state index < -0.39 is 0 Å². The van der Waals surface area contributed by atoms with E-state index in [2.05, 4.69) is 54.9 Å². The molecule has 31 heavy (non-hydrogen) atoms. The number of benzene rings is 2. The Kier molecular flexibility index (Phi) is 6.21. The van der Waals surface area contributed by atoms with E-state index in [0.717, 1.165) is 51.8 Å². The van der Waals surface area contributed by atoms with Gasteiger partial charge in [-0.05, 0) is 40.7 Å². The zero-order chi connectivity index (χ0) is 22.0. The van der Waals surface area contributed by atoms with Crippen LogP contribution in [0.5, 0.6) is 11.6 Å². The van der Waals surface area contributed by atoms with Crippen molar-refractivity contribution in [2.75, 3.05) is 31.2 Å². The van der Waals surface area contributed by atoms with Gasteiger partial charge in [-0.3, -0.25) is 0 Å². The minimum Gasteiger partial charge on any atom is -0.508 e. The van der Waals surface area contributed by atoms with Gasteiger partial charge in [0.05, 0.1) is 18.1 Å². The maximum Gasteiger partial charge on any atom is 0.227 e. The van der Waals surface area contributed by atoms with Crippen LogP contribution in [0.25, 0.3) is 11.1 Å². The van der Waals surface area contributed by atoms with Gasteiger partial charge >= 0.3 is 0 Å². The fraction of sp³-hybridized carbons (Fsp3) is 0.400. The van der Waals surface area contributed by atoms with Crippen molar-refractivity contribution in [3.63, 3.8) is 0 Å². The van der Waals surface area contributed by atoms with Crippen molar-refractivity contribution in [3.05, 3.63) is 58.5 Å². The minimum atomic E-state index is -0.0952. The van der Waals surface area contributed by atoms with Crippen LogP contribution in [0.1, 0.15) is 43.2 Å². The number of ether oxygens (including phenoxy) is 1. The fourth-order valence-electron chi connectivity index (χ4n) is 3.83. The molecule has 0 bridgehead atoms. The molecule has 1 fully saturated rings. The molecule has 0 atom stereocenters. The summed E-state index contributed by atoms with van der Waals surface area (Å²) in [6.45, 7) is 9.45. The molecule has 0 saturated carbocycles. The highest BCUT2D eigenvalue weighted by Crippen LogP contribution is 2.37. The number of anilines is 1. The first-order valence-electron chi connectivity index (χ1n) is 10.8. The number of aromatic nitrogens is 1. The van der Waals surface area contributed by atoms with Crippen LogP contribution >= 0.6 is 11.3 Å². The van der Waals surface area contributed by atoms with Gasteiger partial charge in [0.15, 0.2) is 5.13 Å². The molecule has 2 heterocycles. The summed E-state index contributed by atoms with van der Waals surface area (Å²) < 4.78 is 5.41. The molecule has 6 heteroatoms. The lowest BCUT2D eigenvalue weighted by molar-refractivity contribution is 0.122. The van der Waals surface area contributed by atoms with Gasteiger partial charge in [0, 0.05) is 25.1 Å². The third-order valence-corrected chi connectivity index (χ3v) is 7.29.